The third kappa shape index (κ3) is 3.29. The Morgan fingerprint density at radius 2 is 1.75 bits per heavy atom. The van der Waals surface area contributed by atoms with Crippen LogP contribution in [0.5, 0.6) is 11.5 Å². The number of aromatic hydroxyl groups is 1. The predicted molar refractivity (Wildman–Crippen MR) is 120 cm³/mol. The minimum atomic E-state index is -0.667. The molecule has 0 saturated carbocycles. The molecule has 3 aromatic carbocycles. The van der Waals surface area contributed by atoms with E-state index in [1.54, 1.807) is 42.3 Å². The molecule has 4 aromatic rings. The van der Waals surface area contributed by atoms with Gasteiger partial charge in [0.1, 0.15) is 17.1 Å². The van der Waals surface area contributed by atoms with Crippen LogP contribution in [-0.4, -0.2) is 23.0 Å². The smallest absolute Gasteiger partial charge is 0.291 e. The van der Waals surface area contributed by atoms with Gasteiger partial charge in [-0.05, 0) is 53.6 Å². The number of rotatable bonds is 4. The molecule has 32 heavy (non-hydrogen) atoms. The Bertz CT molecular complexity index is 1390. The standard InChI is InChI=1S/C25H18ClNO5/c1-31-18-9-2-14(3-10-18)13-27-22(15-4-7-17(28)8-5-15)21-23(29)19-12-16(26)6-11-20(19)32-24(21)25(27)30/h2-12,22,28H,13H2,1H3/t22-/m0/s1. The molecule has 1 atom stereocenters. The zero-order chi connectivity index (χ0) is 22.4. The molecule has 0 fully saturated rings. The molecule has 0 unspecified atom stereocenters. The Labute approximate surface area is 188 Å². The van der Waals surface area contributed by atoms with Gasteiger partial charge in [0.25, 0.3) is 5.91 Å². The highest BCUT2D eigenvalue weighted by atomic mass is 35.5. The Hall–Kier alpha value is -3.77. The van der Waals surface area contributed by atoms with Crippen LogP contribution in [0.4, 0.5) is 0 Å². The predicted octanol–water partition coefficient (Wildman–Crippen LogP) is 4.91. The minimum Gasteiger partial charge on any atom is -0.508 e. The average Bonchev–Trinajstić information content (AvgIpc) is 3.07. The largest absolute Gasteiger partial charge is 0.508 e. The molecule has 1 aromatic heterocycles. The number of carbonyl (C=O) groups is 1. The quantitative estimate of drug-likeness (QED) is 0.481. The number of nitrogens with zero attached hydrogens (tertiary/aromatic N) is 1. The first-order valence-electron chi connectivity index (χ1n) is 9.95. The number of methoxy groups -OCH3 is 1. The summed E-state index contributed by atoms with van der Waals surface area (Å²) in [5, 5.41) is 10.5. The summed E-state index contributed by atoms with van der Waals surface area (Å²) in [5.41, 5.74) is 1.84. The Balaban J connectivity index is 1.68. The van der Waals surface area contributed by atoms with E-state index in [2.05, 4.69) is 0 Å². The van der Waals surface area contributed by atoms with Gasteiger partial charge in [-0.25, -0.2) is 0 Å². The maximum absolute atomic E-state index is 13.5. The average molecular weight is 448 g/mol. The zero-order valence-corrected chi connectivity index (χ0v) is 17.8. The Kier molecular flexibility index (Phi) is 4.87. The lowest BCUT2D eigenvalue weighted by Gasteiger charge is -2.25. The second-order valence-electron chi connectivity index (χ2n) is 7.59. The highest BCUT2D eigenvalue weighted by molar-refractivity contribution is 6.31. The molecule has 160 valence electrons. The van der Waals surface area contributed by atoms with Crippen molar-refractivity contribution in [2.45, 2.75) is 12.6 Å². The fourth-order valence-electron chi connectivity index (χ4n) is 4.09. The van der Waals surface area contributed by atoms with Gasteiger partial charge in [-0.15, -0.1) is 0 Å². The van der Waals surface area contributed by atoms with Gasteiger partial charge in [0.05, 0.1) is 24.1 Å². The van der Waals surface area contributed by atoms with Crippen LogP contribution in [0.3, 0.4) is 0 Å². The highest BCUT2D eigenvalue weighted by Crippen LogP contribution is 2.39. The molecule has 1 N–H and O–H groups in total. The van der Waals surface area contributed by atoms with Crippen molar-refractivity contribution in [3.63, 3.8) is 0 Å². The van der Waals surface area contributed by atoms with E-state index >= 15 is 0 Å². The number of hydrogen-bond donors (Lipinski definition) is 1. The van der Waals surface area contributed by atoms with Crippen molar-refractivity contribution >= 4 is 28.5 Å². The van der Waals surface area contributed by atoms with Gasteiger partial charge < -0.3 is 19.2 Å². The van der Waals surface area contributed by atoms with Crippen molar-refractivity contribution in [1.29, 1.82) is 0 Å². The number of fused-ring (bicyclic) bond motifs is 2. The zero-order valence-electron chi connectivity index (χ0n) is 17.0. The lowest BCUT2D eigenvalue weighted by Crippen LogP contribution is -2.29. The molecule has 0 saturated heterocycles. The van der Waals surface area contributed by atoms with E-state index in [1.165, 1.54) is 12.1 Å². The van der Waals surface area contributed by atoms with Crippen molar-refractivity contribution in [3.05, 3.63) is 104 Å². The number of halogens is 1. The maximum Gasteiger partial charge on any atom is 0.291 e. The number of ether oxygens (including phenoxy) is 1. The third-order valence-corrected chi connectivity index (χ3v) is 5.88. The van der Waals surface area contributed by atoms with Crippen LogP contribution in [0.15, 0.2) is 75.9 Å². The van der Waals surface area contributed by atoms with Crippen LogP contribution in [0, 0.1) is 0 Å². The molecule has 0 bridgehead atoms. The Morgan fingerprint density at radius 3 is 2.44 bits per heavy atom. The maximum atomic E-state index is 13.5. The van der Waals surface area contributed by atoms with Crippen LogP contribution in [0.25, 0.3) is 11.0 Å². The van der Waals surface area contributed by atoms with Gasteiger partial charge in [-0.1, -0.05) is 35.9 Å². The van der Waals surface area contributed by atoms with E-state index in [9.17, 15) is 14.7 Å². The number of hydrogen-bond acceptors (Lipinski definition) is 5. The summed E-state index contributed by atoms with van der Waals surface area (Å²) in [4.78, 5) is 28.5. The van der Waals surface area contributed by atoms with E-state index < -0.39 is 6.04 Å². The SMILES string of the molecule is COc1ccc(CN2C(=O)c3oc4ccc(Cl)cc4c(=O)c3[C@@H]2c2ccc(O)cc2)cc1. The number of benzene rings is 3. The van der Waals surface area contributed by atoms with E-state index in [4.69, 9.17) is 20.8 Å². The number of phenolic OH excluding ortho intramolecular Hbond substituents is 1. The summed E-state index contributed by atoms with van der Waals surface area (Å²) < 4.78 is 11.1. The van der Waals surface area contributed by atoms with Crippen molar-refractivity contribution in [2.24, 2.45) is 0 Å². The fourth-order valence-corrected chi connectivity index (χ4v) is 4.26. The van der Waals surface area contributed by atoms with E-state index in [0.29, 0.717) is 27.3 Å². The normalized spacial score (nSPS) is 15.2. The topological polar surface area (TPSA) is 80.0 Å². The molecule has 5 rings (SSSR count). The molecule has 0 radical (unpaired) electrons. The molecule has 1 amide bonds. The Morgan fingerprint density at radius 1 is 1.03 bits per heavy atom. The second-order valence-corrected chi connectivity index (χ2v) is 8.03. The first-order chi connectivity index (χ1) is 15.5. The van der Waals surface area contributed by atoms with Crippen molar-refractivity contribution < 1.29 is 19.1 Å². The molecule has 6 nitrogen and oxygen atoms in total. The fraction of sp³-hybridized carbons (Fsp3) is 0.120. The summed E-state index contributed by atoms with van der Waals surface area (Å²) in [6.07, 6.45) is 0. The van der Waals surface area contributed by atoms with Gasteiger partial charge in [0, 0.05) is 11.6 Å². The molecule has 7 heteroatoms. The van der Waals surface area contributed by atoms with Crippen molar-refractivity contribution in [3.8, 4) is 11.5 Å². The van der Waals surface area contributed by atoms with Crippen molar-refractivity contribution in [1.82, 2.24) is 4.90 Å². The van der Waals surface area contributed by atoms with Crippen LogP contribution in [0.1, 0.15) is 33.3 Å². The number of amides is 1. The molecule has 2 heterocycles. The van der Waals surface area contributed by atoms with E-state index in [1.807, 2.05) is 24.3 Å². The van der Waals surface area contributed by atoms with Crippen LogP contribution >= 0.6 is 11.6 Å². The van der Waals surface area contributed by atoms with Crippen LogP contribution in [0.2, 0.25) is 5.02 Å². The third-order valence-electron chi connectivity index (χ3n) is 5.65. The lowest BCUT2D eigenvalue weighted by molar-refractivity contribution is 0.0714. The van der Waals surface area contributed by atoms with Crippen molar-refractivity contribution in [2.75, 3.05) is 7.11 Å². The first kappa shape index (κ1) is 20.2. The van der Waals surface area contributed by atoms with Crippen LogP contribution in [-0.2, 0) is 6.54 Å². The number of phenols is 1. The molecular formula is C25H18ClNO5. The summed E-state index contributed by atoms with van der Waals surface area (Å²) >= 11 is 6.11. The molecular weight excluding hydrogens is 430 g/mol. The summed E-state index contributed by atoms with van der Waals surface area (Å²) in [6, 6.07) is 17.9. The van der Waals surface area contributed by atoms with Crippen LogP contribution < -0.4 is 10.2 Å². The monoisotopic (exact) mass is 447 g/mol. The van der Waals surface area contributed by atoms with Gasteiger partial charge in [-0.3, -0.25) is 9.59 Å². The van der Waals surface area contributed by atoms with E-state index in [-0.39, 0.29) is 35.0 Å². The summed E-state index contributed by atoms with van der Waals surface area (Å²) in [5.74, 6) is 0.455. The molecule has 0 spiro atoms. The lowest BCUT2D eigenvalue weighted by atomic mass is 9.98. The molecule has 0 aliphatic carbocycles. The molecule has 1 aliphatic rings. The molecule has 1 aliphatic heterocycles. The second kappa shape index (κ2) is 7.73. The first-order valence-corrected chi connectivity index (χ1v) is 10.3. The summed E-state index contributed by atoms with van der Waals surface area (Å²) in [6.45, 7) is 0.259. The van der Waals surface area contributed by atoms with Gasteiger partial charge in [-0.2, -0.15) is 0 Å². The van der Waals surface area contributed by atoms with E-state index in [0.717, 1.165) is 5.56 Å². The minimum absolute atomic E-state index is 0.0245. The summed E-state index contributed by atoms with van der Waals surface area (Å²) in [7, 11) is 1.59. The van der Waals surface area contributed by atoms with Gasteiger partial charge >= 0.3 is 0 Å². The van der Waals surface area contributed by atoms with Gasteiger partial charge in [0.15, 0.2) is 5.43 Å². The number of carbonyl (C=O) groups excluding carboxylic acids is 1. The van der Waals surface area contributed by atoms with Gasteiger partial charge in [0.2, 0.25) is 5.76 Å². The highest BCUT2D eigenvalue weighted by Gasteiger charge is 2.42.